The summed E-state index contributed by atoms with van der Waals surface area (Å²) in [6.45, 7) is 3.38. The normalized spacial score (nSPS) is 17.3. The van der Waals surface area contributed by atoms with E-state index >= 15 is 0 Å². The number of carbonyl (C=O) groups excluding carboxylic acids is 1. The zero-order valence-corrected chi connectivity index (χ0v) is 17.7. The van der Waals surface area contributed by atoms with E-state index in [1.165, 1.54) is 6.92 Å². The zero-order chi connectivity index (χ0) is 21.7. The highest BCUT2D eigenvalue weighted by Crippen LogP contribution is 2.41. The van der Waals surface area contributed by atoms with E-state index in [1.54, 1.807) is 0 Å². The molecule has 1 atom stereocenters. The highest BCUT2D eigenvalue weighted by molar-refractivity contribution is 6.02. The smallest absolute Gasteiger partial charge is 0.303 e. The summed E-state index contributed by atoms with van der Waals surface area (Å²) >= 11 is 0. The fraction of sp³-hybridized carbons (Fsp3) is 0.185. The van der Waals surface area contributed by atoms with Crippen molar-refractivity contribution in [3.8, 4) is 0 Å². The monoisotopic (exact) mass is 411 g/mol. The Morgan fingerprint density at radius 2 is 1.29 bits per heavy atom. The number of carbonyl (C=O) groups is 1. The van der Waals surface area contributed by atoms with Crippen molar-refractivity contribution < 1.29 is 14.4 Å². The van der Waals surface area contributed by atoms with Crippen molar-refractivity contribution in [2.24, 2.45) is 5.16 Å². The summed E-state index contributed by atoms with van der Waals surface area (Å²) in [6.07, 6.45) is 2.11. The predicted molar refractivity (Wildman–Crippen MR) is 122 cm³/mol. The minimum Gasteiger partial charge on any atom is -0.458 e. The molecule has 4 nitrogen and oxygen atoms in total. The number of nitrogens with zero attached hydrogens (tertiary/aromatic N) is 1. The van der Waals surface area contributed by atoms with Crippen LogP contribution in [0, 0.1) is 0 Å². The lowest BCUT2D eigenvalue weighted by molar-refractivity contribution is -0.143. The first kappa shape index (κ1) is 20.6. The summed E-state index contributed by atoms with van der Waals surface area (Å²) in [6, 6.07) is 30.3. The Balaban J connectivity index is 1.82. The molecule has 0 saturated carbocycles. The van der Waals surface area contributed by atoms with Gasteiger partial charge in [-0.25, -0.2) is 0 Å². The molecule has 3 aromatic rings. The molecule has 0 N–H and O–H groups in total. The molecule has 0 amide bonds. The summed E-state index contributed by atoms with van der Waals surface area (Å²) in [4.78, 5) is 17.9. The van der Waals surface area contributed by atoms with E-state index in [1.807, 2.05) is 67.6 Å². The standard InChI is InChI=1S/C27H25NO3/c1-20-18-25(30-21(2)29)19-26(20)28-31-27(22-12-6-3-7-13-22,23-14-8-4-9-15-23)24-16-10-5-11-17-24/h3-18,25H,19H2,1-2H3/b28-26+/t25-/m1/s1. The van der Waals surface area contributed by atoms with Crippen molar-refractivity contribution >= 4 is 11.7 Å². The molecule has 31 heavy (non-hydrogen) atoms. The minimum atomic E-state index is -0.920. The van der Waals surface area contributed by atoms with Crippen LogP contribution in [0.3, 0.4) is 0 Å². The van der Waals surface area contributed by atoms with Gasteiger partial charge in [0.25, 0.3) is 0 Å². The first-order chi connectivity index (χ1) is 15.1. The molecule has 3 aromatic carbocycles. The van der Waals surface area contributed by atoms with Gasteiger partial charge in [-0.3, -0.25) is 4.79 Å². The Morgan fingerprint density at radius 3 is 1.71 bits per heavy atom. The van der Waals surface area contributed by atoms with Gasteiger partial charge in [0.05, 0.1) is 5.71 Å². The van der Waals surface area contributed by atoms with Crippen molar-refractivity contribution in [2.75, 3.05) is 0 Å². The molecular formula is C27H25NO3. The number of ether oxygens (including phenoxy) is 1. The van der Waals surface area contributed by atoms with Gasteiger partial charge in [-0.2, -0.15) is 0 Å². The zero-order valence-electron chi connectivity index (χ0n) is 17.7. The molecule has 4 heteroatoms. The van der Waals surface area contributed by atoms with Crippen molar-refractivity contribution in [1.29, 1.82) is 0 Å². The van der Waals surface area contributed by atoms with Gasteiger partial charge in [-0.15, -0.1) is 0 Å². The van der Waals surface area contributed by atoms with Crippen LogP contribution in [0.2, 0.25) is 0 Å². The van der Waals surface area contributed by atoms with Gasteiger partial charge < -0.3 is 9.57 Å². The third-order valence-corrected chi connectivity index (χ3v) is 5.44. The lowest BCUT2D eigenvalue weighted by Crippen LogP contribution is -2.31. The van der Waals surface area contributed by atoms with Crippen LogP contribution < -0.4 is 0 Å². The third kappa shape index (κ3) is 4.29. The topological polar surface area (TPSA) is 47.9 Å². The maximum absolute atomic E-state index is 11.4. The maximum Gasteiger partial charge on any atom is 0.303 e. The number of oxime groups is 1. The molecule has 0 unspecified atom stereocenters. The van der Waals surface area contributed by atoms with Crippen molar-refractivity contribution in [2.45, 2.75) is 32.0 Å². The summed E-state index contributed by atoms with van der Waals surface area (Å²) in [5.41, 5.74) is 3.75. The second kappa shape index (κ2) is 9.00. The molecule has 4 rings (SSSR count). The van der Waals surface area contributed by atoms with E-state index in [4.69, 9.17) is 9.57 Å². The van der Waals surface area contributed by atoms with Crippen LogP contribution in [0.25, 0.3) is 0 Å². The molecule has 0 saturated heterocycles. The van der Waals surface area contributed by atoms with Crippen molar-refractivity contribution in [3.63, 3.8) is 0 Å². The van der Waals surface area contributed by atoms with Crippen LogP contribution in [0.4, 0.5) is 0 Å². The first-order valence-corrected chi connectivity index (χ1v) is 10.4. The lowest BCUT2D eigenvalue weighted by Gasteiger charge is -2.33. The second-order valence-electron chi connectivity index (χ2n) is 7.61. The van der Waals surface area contributed by atoms with Crippen LogP contribution >= 0.6 is 0 Å². The van der Waals surface area contributed by atoms with Gasteiger partial charge in [0.2, 0.25) is 5.60 Å². The molecule has 1 aliphatic carbocycles. The summed E-state index contributed by atoms with van der Waals surface area (Å²) in [5.74, 6) is -0.302. The lowest BCUT2D eigenvalue weighted by atomic mass is 9.80. The quantitative estimate of drug-likeness (QED) is 0.300. The molecule has 0 aliphatic heterocycles. The van der Waals surface area contributed by atoms with Gasteiger partial charge in [-0.1, -0.05) is 96.2 Å². The molecule has 0 spiro atoms. The average Bonchev–Trinajstić information content (AvgIpc) is 3.14. The van der Waals surface area contributed by atoms with E-state index in [0.717, 1.165) is 28.0 Å². The van der Waals surface area contributed by atoms with Gasteiger partial charge in [-0.05, 0) is 18.6 Å². The number of esters is 1. The largest absolute Gasteiger partial charge is 0.458 e. The van der Waals surface area contributed by atoms with Crippen LogP contribution in [-0.4, -0.2) is 17.8 Å². The Hall–Kier alpha value is -3.66. The Bertz CT molecular complexity index is 992. The molecule has 0 radical (unpaired) electrons. The highest BCUT2D eigenvalue weighted by atomic mass is 16.7. The molecule has 0 fully saturated rings. The first-order valence-electron chi connectivity index (χ1n) is 10.4. The fourth-order valence-corrected chi connectivity index (χ4v) is 3.98. The highest BCUT2D eigenvalue weighted by Gasteiger charge is 2.40. The molecule has 156 valence electrons. The average molecular weight is 412 g/mol. The molecule has 0 bridgehead atoms. The van der Waals surface area contributed by atoms with Crippen molar-refractivity contribution in [1.82, 2.24) is 0 Å². The van der Waals surface area contributed by atoms with Crippen LogP contribution in [0.15, 0.2) is 108 Å². The van der Waals surface area contributed by atoms with Gasteiger partial charge in [0, 0.05) is 30.0 Å². The molecular weight excluding hydrogens is 386 g/mol. The van der Waals surface area contributed by atoms with Gasteiger partial charge in [0.15, 0.2) is 0 Å². The van der Waals surface area contributed by atoms with E-state index in [0.29, 0.717) is 6.42 Å². The Labute approximate surface area is 182 Å². The Morgan fingerprint density at radius 1 is 0.839 bits per heavy atom. The van der Waals surface area contributed by atoms with Gasteiger partial charge in [0.1, 0.15) is 6.10 Å². The second-order valence-corrected chi connectivity index (χ2v) is 7.61. The SMILES string of the molecule is CC(=O)O[C@@H]1C=C(C)/C(=N/OC(c2ccccc2)(c2ccccc2)c2ccccc2)C1. The number of rotatable bonds is 6. The van der Waals surface area contributed by atoms with Crippen LogP contribution in [0.1, 0.15) is 37.0 Å². The van der Waals surface area contributed by atoms with E-state index in [2.05, 4.69) is 41.6 Å². The number of benzene rings is 3. The summed E-state index contributed by atoms with van der Waals surface area (Å²) < 4.78 is 5.35. The predicted octanol–water partition coefficient (Wildman–Crippen LogP) is 5.63. The minimum absolute atomic E-state index is 0.302. The molecule has 0 aromatic heterocycles. The molecule has 1 aliphatic rings. The van der Waals surface area contributed by atoms with E-state index in [9.17, 15) is 4.79 Å². The molecule has 0 heterocycles. The maximum atomic E-state index is 11.4. The number of allylic oxidation sites excluding steroid dienone is 1. The fourth-order valence-electron chi connectivity index (χ4n) is 3.98. The van der Waals surface area contributed by atoms with E-state index < -0.39 is 5.60 Å². The van der Waals surface area contributed by atoms with Crippen LogP contribution in [-0.2, 0) is 20.0 Å². The number of hydrogen-bond donors (Lipinski definition) is 0. The van der Waals surface area contributed by atoms with E-state index in [-0.39, 0.29) is 12.1 Å². The number of hydrogen-bond acceptors (Lipinski definition) is 4. The Kier molecular flexibility index (Phi) is 5.99. The van der Waals surface area contributed by atoms with Gasteiger partial charge >= 0.3 is 5.97 Å². The summed E-state index contributed by atoms with van der Waals surface area (Å²) in [7, 11) is 0. The van der Waals surface area contributed by atoms with Crippen LogP contribution in [0.5, 0.6) is 0 Å². The van der Waals surface area contributed by atoms with Crippen molar-refractivity contribution in [3.05, 3.63) is 119 Å². The third-order valence-electron chi connectivity index (χ3n) is 5.44. The summed E-state index contributed by atoms with van der Waals surface area (Å²) in [5, 5.41) is 4.62.